The second kappa shape index (κ2) is 5.30. The van der Waals surface area contributed by atoms with Crippen molar-refractivity contribution in [3.8, 4) is 0 Å². The van der Waals surface area contributed by atoms with Crippen LogP contribution in [0, 0.1) is 0 Å². The number of furan rings is 1. The average molecular weight is 260 g/mol. The number of nitrogens with two attached hydrogens (primary N) is 1. The molecule has 2 aromatic rings. The summed E-state index contributed by atoms with van der Waals surface area (Å²) < 4.78 is 5.28. The Morgan fingerprint density at radius 2 is 2.11 bits per heavy atom. The summed E-state index contributed by atoms with van der Waals surface area (Å²) in [6.45, 7) is 6.94. The lowest BCUT2D eigenvalue weighted by molar-refractivity contribution is 0.512. The topological polar surface area (TPSA) is 77.0 Å². The van der Waals surface area contributed by atoms with Crippen LogP contribution in [0.1, 0.15) is 32.4 Å². The molecule has 0 saturated heterocycles. The molecule has 0 aliphatic carbocycles. The Bertz CT molecular complexity index is 529. The summed E-state index contributed by atoms with van der Waals surface area (Å²) in [7, 11) is 0. The fourth-order valence-electron chi connectivity index (χ4n) is 1.66. The molecule has 5 nitrogen and oxygen atoms in total. The van der Waals surface area contributed by atoms with Gasteiger partial charge >= 0.3 is 0 Å². The van der Waals surface area contributed by atoms with Crippen molar-refractivity contribution < 1.29 is 4.42 Å². The molecule has 0 bridgehead atoms. The van der Waals surface area contributed by atoms with Crippen LogP contribution in [-0.4, -0.2) is 16.5 Å². The summed E-state index contributed by atoms with van der Waals surface area (Å²) >= 11 is 0. The Hall–Kier alpha value is -2.04. The van der Waals surface area contributed by atoms with Crippen LogP contribution in [0.15, 0.2) is 28.9 Å². The molecular formula is C14H20N4O. The van der Waals surface area contributed by atoms with E-state index in [1.807, 2.05) is 12.1 Å². The SMILES string of the molecule is CC(C)(C)c1nc(N)cc(NCCc2ccco2)n1. The van der Waals surface area contributed by atoms with Crippen molar-refractivity contribution in [2.24, 2.45) is 0 Å². The molecule has 0 aliphatic heterocycles. The molecule has 0 atom stereocenters. The molecule has 3 N–H and O–H groups in total. The van der Waals surface area contributed by atoms with Crippen LogP contribution in [0.4, 0.5) is 11.6 Å². The van der Waals surface area contributed by atoms with Gasteiger partial charge in [-0.15, -0.1) is 0 Å². The van der Waals surface area contributed by atoms with E-state index >= 15 is 0 Å². The van der Waals surface area contributed by atoms with Gasteiger partial charge in [0, 0.05) is 24.4 Å². The molecule has 2 heterocycles. The standard InChI is InChI=1S/C14H20N4O/c1-14(2,3)13-17-11(15)9-12(18-13)16-7-6-10-5-4-8-19-10/h4-5,8-9H,6-7H2,1-3H3,(H3,15,16,17,18). The van der Waals surface area contributed by atoms with Crippen molar-refractivity contribution in [2.75, 3.05) is 17.6 Å². The van der Waals surface area contributed by atoms with E-state index in [-0.39, 0.29) is 5.41 Å². The van der Waals surface area contributed by atoms with Gasteiger partial charge in [0.05, 0.1) is 6.26 Å². The highest BCUT2D eigenvalue weighted by atomic mass is 16.3. The minimum Gasteiger partial charge on any atom is -0.469 e. The minimum absolute atomic E-state index is 0.118. The fraction of sp³-hybridized carbons (Fsp3) is 0.429. The van der Waals surface area contributed by atoms with E-state index < -0.39 is 0 Å². The number of nitrogens with zero attached hydrogens (tertiary/aromatic N) is 2. The summed E-state index contributed by atoms with van der Waals surface area (Å²) in [4.78, 5) is 8.76. The fourth-order valence-corrected chi connectivity index (χ4v) is 1.66. The van der Waals surface area contributed by atoms with Gasteiger partial charge in [0.2, 0.25) is 0 Å². The normalized spacial score (nSPS) is 11.5. The van der Waals surface area contributed by atoms with Crippen LogP contribution in [0.2, 0.25) is 0 Å². The van der Waals surface area contributed by atoms with Crippen LogP contribution in [0.5, 0.6) is 0 Å². The maximum atomic E-state index is 5.81. The molecule has 19 heavy (non-hydrogen) atoms. The zero-order valence-corrected chi connectivity index (χ0v) is 11.6. The molecule has 0 spiro atoms. The van der Waals surface area contributed by atoms with E-state index in [2.05, 4.69) is 36.1 Å². The molecule has 0 fully saturated rings. The summed E-state index contributed by atoms with van der Waals surface area (Å²) in [5.41, 5.74) is 5.69. The highest BCUT2D eigenvalue weighted by Crippen LogP contribution is 2.21. The van der Waals surface area contributed by atoms with E-state index in [0.717, 1.165) is 30.4 Å². The quantitative estimate of drug-likeness (QED) is 0.883. The lowest BCUT2D eigenvalue weighted by atomic mass is 9.96. The third-order valence-corrected chi connectivity index (χ3v) is 2.67. The summed E-state index contributed by atoms with van der Waals surface area (Å²) in [6, 6.07) is 5.59. The Morgan fingerprint density at radius 3 is 2.74 bits per heavy atom. The number of hydrogen-bond acceptors (Lipinski definition) is 5. The maximum Gasteiger partial charge on any atom is 0.138 e. The smallest absolute Gasteiger partial charge is 0.138 e. The van der Waals surface area contributed by atoms with E-state index in [1.165, 1.54) is 0 Å². The Labute approximate surface area is 113 Å². The molecule has 0 amide bonds. The second-order valence-corrected chi connectivity index (χ2v) is 5.51. The third-order valence-electron chi connectivity index (χ3n) is 2.67. The van der Waals surface area contributed by atoms with Gasteiger partial charge in [-0.1, -0.05) is 20.8 Å². The van der Waals surface area contributed by atoms with Crippen LogP contribution in [-0.2, 0) is 11.8 Å². The van der Waals surface area contributed by atoms with Gasteiger partial charge in [-0.3, -0.25) is 0 Å². The molecule has 5 heteroatoms. The van der Waals surface area contributed by atoms with Crippen LogP contribution in [0.25, 0.3) is 0 Å². The number of aromatic nitrogens is 2. The summed E-state index contributed by atoms with van der Waals surface area (Å²) in [5, 5.41) is 3.25. The number of nitrogen functional groups attached to an aromatic ring is 1. The first-order chi connectivity index (χ1) is 8.95. The van der Waals surface area contributed by atoms with E-state index in [1.54, 1.807) is 12.3 Å². The first-order valence-corrected chi connectivity index (χ1v) is 6.36. The summed E-state index contributed by atoms with van der Waals surface area (Å²) in [6.07, 6.45) is 2.48. The number of nitrogens with one attached hydrogen (secondary N) is 1. The molecule has 2 rings (SSSR count). The van der Waals surface area contributed by atoms with Crippen molar-refractivity contribution in [3.05, 3.63) is 36.0 Å². The van der Waals surface area contributed by atoms with Gasteiger partial charge in [0.25, 0.3) is 0 Å². The molecule has 0 unspecified atom stereocenters. The maximum absolute atomic E-state index is 5.81. The van der Waals surface area contributed by atoms with Crippen molar-refractivity contribution in [1.82, 2.24) is 9.97 Å². The number of anilines is 2. The van der Waals surface area contributed by atoms with Crippen molar-refractivity contribution >= 4 is 11.6 Å². The molecule has 0 aliphatic rings. The van der Waals surface area contributed by atoms with E-state index in [9.17, 15) is 0 Å². The molecular weight excluding hydrogens is 240 g/mol. The summed E-state index contributed by atoms with van der Waals surface area (Å²) in [5.74, 6) is 2.93. The Balaban J connectivity index is 2.02. The van der Waals surface area contributed by atoms with Crippen molar-refractivity contribution in [3.63, 3.8) is 0 Å². The highest BCUT2D eigenvalue weighted by molar-refractivity contribution is 5.45. The predicted molar refractivity (Wildman–Crippen MR) is 76.0 cm³/mol. The van der Waals surface area contributed by atoms with Gasteiger partial charge in [0.1, 0.15) is 23.2 Å². The molecule has 0 radical (unpaired) electrons. The monoisotopic (exact) mass is 260 g/mol. The molecule has 102 valence electrons. The molecule has 0 aromatic carbocycles. The zero-order valence-electron chi connectivity index (χ0n) is 11.6. The zero-order chi connectivity index (χ0) is 13.9. The van der Waals surface area contributed by atoms with Crippen LogP contribution >= 0.6 is 0 Å². The minimum atomic E-state index is -0.118. The van der Waals surface area contributed by atoms with Gasteiger partial charge < -0.3 is 15.5 Å². The van der Waals surface area contributed by atoms with Gasteiger partial charge in [0.15, 0.2) is 0 Å². The molecule has 0 saturated carbocycles. The van der Waals surface area contributed by atoms with E-state index in [0.29, 0.717) is 5.82 Å². The lowest BCUT2D eigenvalue weighted by Gasteiger charge is -2.18. The Morgan fingerprint density at radius 1 is 1.32 bits per heavy atom. The van der Waals surface area contributed by atoms with Gasteiger partial charge in [-0.05, 0) is 12.1 Å². The second-order valence-electron chi connectivity index (χ2n) is 5.51. The lowest BCUT2D eigenvalue weighted by Crippen LogP contribution is -2.18. The van der Waals surface area contributed by atoms with Crippen LogP contribution in [0.3, 0.4) is 0 Å². The molecule has 2 aromatic heterocycles. The van der Waals surface area contributed by atoms with Crippen molar-refractivity contribution in [2.45, 2.75) is 32.6 Å². The largest absolute Gasteiger partial charge is 0.469 e. The number of rotatable bonds is 4. The first-order valence-electron chi connectivity index (χ1n) is 6.36. The number of hydrogen-bond donors (Lipinski definition) is 2. The highest BCUT2D eigenvalue weighted by Gasteiger charge is 2.18. The average Bonchev–Trinajstić information content (AvgIpc) is 2.80. The van der Waals surface area contributed by atoms with Gasteiger partial charge in [-0.2, -0.15) is 0 Å². The Kier molecular flexibility index (Phi) is 3.74. The van der Waals surface area contributed by atoms with Crippen molar-refractivity contribution in [1.29, 1.82) is 0 Å². The van der Waals surface area contributed by atoms with E-state index in [4.69, 9.17) is 10.2 Å². The van der Waals surface area contributed by atoms with Gasteiger partial charge in [-0.25, -0.2) is 9.97 Å². The predicted octanol–water partition coefficient (Wildman–Crippen LogP) is 2.60. The first kappa shape index (κ1) is 13.4. The third kappa shape index (κ3) is 3.71. The van der Waals surface area contributed by atoms with Crippen LogP contribution < -0.4 is 11.1 Å².